The number of ether oxygens (including phenoxy) is 1. The molecule has 0 aliphatic carbocycles. The predicted octanol–water partition coefficient (Wildman–Crippen LogP) is 3.08. The van der Waals surface area contributed by atoms with Crippen LogP contribution in [0, 0.1) is 0 Å². The molecule has 0 aromatic heterocycles. The Morgan fingerprint density at radius 1 is 0.900 bits per heavy atom. The van der Waals surface area contributed by atoms with Crippen LogP contribution < -0.4 is 0 Å². The van der Waals surface area contributed by atoms with Crippen molar-refractivity contribution in [3.63, 3.8) is 0 Å². The van der Waals surface area contributed by atoms with Gasteiger partial charge in [0.05, 0.1) is 5.92 Å². The van der Waals surface area contributed by atoms with Crippen LogP contribution in [0.2, 0.25) is 0 Å². The summed E-state index contributed by atoms with van der Waals surface area (Å²) in [5.74, 6) is -0.804. The SMILES string of the molecule is O=C(O)OCC(=O)C(c1ccccc1)c1ccccc1. The summed E-state index contributed by atoms with van der Waals surface area (Å²) >= 11 is 0. The first-order valence-corrected chi connectivity index (χ1v) is 6.17. The molecule has 0 fully saturated rings. The molecule has 2 rings (SSSR count). The third-order valence-electron chi connectivity index (χ3n) is 2.93. The molecule has 4 nitrogen and oxygen atoms in total. The first kappa shape index (κ1) is 13.8. The van der Waals surface area contributed by atoms with Gasteiger partial charge in [-0.15, -0.1) is 0 Å². The Morgan fingerprint density at radius 3 is 1.75 bits per heavy atom. The first-order chi connectivity index (χ1) is 9.68. The van der Waals surface area contributed by atoms with Gasteiger partial charge in [0.25, 0.3) is 0 Å². The molecule has 0 bridgehead atoms. The third-order valence-corrected chi connectivity index (χ3v) is 2.93. The van der Waals surface area contributed by atoms with Gasteiger partial charge in [0.15, 0.2) is 12.4 Å². The second-order valence-corrected chi connectivity index (χ2v) is 4.28. The molecule has 0 saturated heterocycles. The van der Waals surface area contributed by atoms with E-state index in [1.54, 1.807) is 0 Å². The van der Waals surface area contributed by atoms with Crippen molar-refractivity contribution in [2.45, 2.75) is 5.92 Å². The molecule has 0 aliphatic rings. The Balaban J connectivity index is 2.30. The van der Waals surface area contributed by atoms with E-state index in [1.165, 1.54) is 0 Å². The Hall–Kier alpha value is -2.62. The van der Waals surface area contributed by atoms with E-state index in [2.05, 4.69) is 4.74 Å². The minimum absolute atomic E-state index is 0.287. The molecule has 0 atom stereocenters. The lowest BCUT2D eigenvalue weighted by atomic mass is 9.88. The molecule has 2 aromatic carbocycles. The van der Waals surface area contributed by atoms with E-state index in [4.69, 9.17) is 5.11 Å². The highest BCUT2D eigenvalue weighted by Gasteiger charge is 2.23. The lowest BCUT2D eigenvalue weighted by Crippen LogP contribution is -2.21. The van der Waals surface area contributed by atoms with Gasteiger partial charge in [0.1, 0.15) is 0 Å². The van der Waals surface area contributed by atoms with Crippen LogP contribution in [0.3, 0.4) is 0 Å². The van der Waals surface area contributed by atoms with Crippen LogP contribution in [0.15, 0.2) is 60.7 Å². The average Bonchev–Trinajstić information content (AvgIpc) is 2.48. The van der Waals surface area contributed by atoms with E-state index in [-0.39, 0.29) is 5.78 Å². The summed E-state index contributed by atoms with van der Waals surface area (Å²) in [6.45, 7) is -0.455. The fourth-order valence-electron chi connectivity index (χ4n) is 2.07. The molecule has 0 saturated carbocycles. The fraction of sp³-hybridized carbons (Fsp3) is 0.125. The van der Waals surface area contributed by atoms with E-state index in [0.29, 0.717) is 0 Å². The number of Topliss-reactive ketones (excluding diaryl/α,β-unsaturated/α-hetero) is 1. The van der Waals surface area contributed by atoms with Crippen molar-refractivity contribution in [1.29, 1.82) is 0 Å². The van der Waals surface area contributed by atoms with Crippen LogP contribution in [-0.2, 0) is 9.53 Å². The minimum Gasteiger partial charge on any atom is -0.450 e. The highest BCUT2D eigenvalue weighted by atomic mass is 16.7. The predicted molar refractivity (Wildman–Crippen MR) is 73.7 cm³/mol. The van der Waals surface area contributed by atoms with Crippen molar-refractivity contribution in [1.82, 2.24) is 0 Å². The van der Waals surface area contributed by atoms with Crippen molar-refractivity contribution < 1.29 is 19.4 Å². The molecule has 0 amide bonds. The molecule has 0 spiro atoms. The number of carbonyl (C=O) groups excluding carboxylic acids is 1. The number of hydrogen-bond acceptors (Lipinski definition) is 3. The highest BCUT2D eigenvalue weighted by molar-refractivity contribution is 5.90. The monoisotopic (exact) mass is 270 g/mol. The second-order valence-electron chi connectivity index (χ2n) is 4.28. The topological polar surface area (TPSA) is 63.6 Å². The van der Waals surface area contributed by atoms with Gasteiger partial charge in [-0.2, -0.15) is 0 Å². The van der Waals surface area contributed by atoms with Gasteiger partial charge in [-0.05, 0) is 11.1 Å². The molecule has 2 aromatic rings. The molecular weight excluding hydrogens is 256 g/mol. The summed E-state index contributed by atoms with van der Waals surface area (Å²) in [5.41, 5.74) is 1.63. The van der Waals surface area contributed by atoms with Gasteiger partial charge >= 0.3 is 6.16 Å². The number of ketones is 1. The van der Waals surface area contributed by atoms with Crippen LogP contribution >= 0.6 is 0 Å². The maximum absolute atomic E-state index is 12.3. The Bertz CT molecular complexity index is 538. The van der Waals surface area contributed by atoms with Crippen molar-refractivity contribution >= 4 is 11.9 Å². The number of hydrogen-bond donors (Lipinski definition) is 1. The van der Waals surface area contributed by atoms with Crippen molar-refractivity contribution in [2.75, 3.05) is 6.61 Å². The molecule has 0 aliphatic heterocycles. The number of carboxylic acid groups (broad SMARTS) is 1. The fourth-order valence-corrected chi connectivity index (χ4v) is 2.07. The number of carbonyl (C=O) groups is 2. The molecule has 20 heavy (non-hydrogen) atoms. The smallest absolute Gasteiger partial charge is 0.450 e. The highest BCUT2D eigenvalue weighted by Crippen LogP contribution is 2.25. The molecule has 0 unspecified atom stereocenters. The maximum atomic E-state index is 12.3. The first-order valence-electron chi connectivity index (χ1n) is 6.17. The quantitative estimate of drug-likeness (QED) is 0.848. The summed E-state index contributed by atoms with van der Waals surface area (Å²) in [6, 6.07) is 18.5. The van der Waals surface area contributed by atoms with E-state index >= 15 is 0 Å². The Morgan fingerprint density at radius 2 is 1.35 bits per heavy atom. The summed E-state index contributed by atoms with van der Waals surface area (Å²) in [7, 11) is 0. The molecule has 0 heterocycles. The van der Waals surface area contributed by atoms with Crippen LogP contribution in [-0.4, -0.2) is 23.7 Å². The molecule has 0 radical (unpaired) electrons. The molecular formula is C16H14O4. The maximum Gasteiger partial charge on any atom is 0.506 e. The van der Waals surface area contributed by atoms with Crippen LogP contribution in [0.25, 0.3) is 0 Å². The Kier molecular flexibility index (Phi) is 4.50. The van der Waals surface area contributed by atoms with Gasteiger partial charge in [-0.1, -0.05) is 60.7 Å². The summed E-state index contributed by atoms with van der Waals surface area (Å²) in [4.78, 5) is 22.7. The lowest BCUT2D eigenvalue weighted by molar-refractivity contribution is -0.123. The second kappa shape index (κ2) is 6.52. The van der Waals surface area contributed by atoms with Crippen molar-refractivity contribution in [2.24, 2.45) is 0 Å². The number of rotatable bonds is 5. The minimum atomic E-state index is -1.45. The largest absolute Gasteiger partial charge is 0.506 e. The van der Waals surface area contributed by atoms with Gasteiger partial charge in [0.2, 0.25) is 0 Å². The zero-order chi connectivity index (χ0) is 14.4. The van der Waals surface area contributed by atoms with Gasteiger partial charge < -0.3 is 9.84 Å². The molecule has 4 heteroatoms. The van der Waals surface area contributed by atoms with Crippen molar-refractivity contribution in [3.8, 4) is 0 Å². The van der Waals surface area contributed by atoms with Crippen molar-refractivity contribution in [3.05, 3.63) is 71.8 Å². The normalized spacial score (nSPS) is 10.2. The molecule has 102 valence electrons. The van der Waals surface area contributed by atoms with Gasteiger partial charge in [-0.3, -0.25) is 4.79 Å². The van der Waals surface area contributed by atoms with E-state index in [9.17, 15) is 9.59 Å². The van der Waals surface area contributed by atoms with Gasteiger partial charge in [-0.25, -0.2) is 4.79 Å². The van der Waals surface area contributed by atoms with Crippen LogP contribution in [0.5, 0.6) is 0 Å². The number of benzene rings is 2. The van der Waals surface area contributed by atoms with Gasteiger partial charge in [0, 0.05) is 0 Å². The third kappa shape index (κ3) is 3.45. The zero-order valence-electron chi connectivity index (χ0n) is 10.7. The Labute approximate surface area is 116 Å². The zero-order valence-corrected chi connectivity index (χ0v) is 10.7. The standard InChI is InChI=1S/C16H14O4/c17-14(11-20-16(18)19)15(12-7-3-1-4-8-12)13-9-5-2-6-10-13/h1-10,15H,11H2,(H,18,19). The molecule has 1 N–H and O–H groups in total. The van der Waals surface area contributed by atoms with E-state index in [0.717, 1.165) is 11.1 Å². The summed E-state index contributed by atoms with van der Waals surface area (Å²) < 4.78 is 4.39. The van der Waals surface area contributed by atoms with E-state index in [1.807, 2.05) is 60.7 Å². The average molecular weight is 270 g/mol. The summed E-state index contributed by atoms with van der Waals surface area (Å²) in [5, 5.41) is 8.51. The van der Waals surface area contributed by atoms with Crippen LogP contribution in [0.4, 0.5) is 4.79 Å². The summed E-state index contributed by atoms with van der Waals surface area (Å²) in [6.07, 6.45) is -1.45. The lowest BCUT2D eigenvalue weighted by Gasteiger charge is -2.16. The van der Waals surface area contributed by atoms with Crippen LogP contribution in [0.1, 0.15) is 17.0 Å². The van der Waals surface area contributed by atoms with E-state index < -0.39 is 18.7 Å².